The lowest BCUT2D eigenvalue weighted by molar-refractivity contribution is 0.0525. The van der Waals surface area contributed by atoms with E-state index in [1.807, 2.05) is 30.3 Å². The van der Waals surface area contributed by atoms with Crippen LogP contribution in [0.15, 0.2) is 60.7 Å². The van der Waals surface area contributed by atoms with Gasteiger partial charge in [-0.25, -0.2) is 4.79 Å². The molecule has 0 saturated heterocycles. The molecule has 0 unspecified atom stereocenters. The molecule has 0 spiro atoms. The molecule has 0 aliphatic heterocycles. The molecule has 0 aromatic heterocycles. The molecule has 24 heavy (non-hydrogen) atoms. The highest BCUT2D eigenvalue weighted by molar-refractivity contribution is 5.90. The fourth-order valence-electron chi connectivity index (χ4n) is 2.49. The molecule has 0 bridgehead atoms. The summed E-state index contributed by atoms with van der Waals surface area (Å²) in [6.07, 6.45) is 0. The summed E-state index contributed by atoms with van der Waals surface area (Å²) in [6.45, 7) is 2.36. The summed E-state index contributed by atoms with van der Waals surface area (Å²) in [5, 5.41) is 12.1. The van der Waals surface area contributed by atoms with Crippen molar-refractivity contribution in [3.63, 3.8) is 0 Å². The van der Waals surface area contributed by atoms with Gasteiger partial charge in [0.05, 0.1) is 12.2 Å². The van der Waals surface area contributed by atoms with Crippen LogP contribution in [0.5, 0.6) is 11.5 Å². The number of benzene rings is 3. The van der Waals surface area contributed by atoms with Crippen molar-refractivity contribution in [2.45, 2.75) is 13.5 Å². The standard InChI is InChI=1S/C20H18O4/c1-2-23-20(22)17-10-18(21)12-19(11-17)24-13-14-7-8-15-5-3-4-6-16(15)9-14/h3-12,21H,2,13H2,1H3. The van der Waals surface area contributed by atoms with Crippen LogP contribution in [0.25, 0.3) is 10.8 Å². The second-order valence-corrected chi connectivity index (χ2v) is 5.41. The minimum Gasteiger partial charge on any atom is -0.508 e. The Hall–Kier alpha value is -3.01. The zero-order chi connectivity index (χ0) is 16.9. The molecule has 1 N–H and O–H groups in total. The van der Waals surface area contributed by atoms with E-state index in [1.165, 1.54) is 17.5 Å². The van der Waals surface area contributed by atoms with E-state index in [9.17, 15) is 9.90 Å². The van der Waals surface area contributed by atoms with Crippen molar-refractivity contribution in [1.82, 2.24) is 0 Å². The number of phenols is 1. The molecule has 4 nitrogen and oxygen atoms in total. The third-order valence-corrected chi connectivity index (χ3v) is 3.62. The van der Waals surface area contributed by atoms with Crippen molar-refractivity contribution in [2.24, 2.45) is 0 Å². The number of hydrogen-bond acceptors (Lipinski definition) is 4. The van der Waals surface area contributed by atoms with Crippen LogP contribution in [0.3, 0.4) is 0 Å². The molecule has 0 aliphatic carbocycles. The normalized spacial score (nSPS) is 10.5. The molecule has 4 heteroatoms. The average Bonchev–Trinajstić information content (AvgIpc) is 2.59. The van der Waals surface area contributed by atoms with E-state index in [-0.39, 0.29) is 17.9 Å². The van der Waals surface area contributed by atoms with E-state index in [0.717, 1.165) is 10.9 Å². The van der Waals surface area contributed by atoms with Gasteiger partial charge in [0.2, 0.25) is 0 Å². The van der Waals surface area contributed by atoms with E-state index in [1.54, 1.807) is 13.0 Å². The minimum atomic E-state index is -0.482. The number of carbonyl (C=O) groups excluding carboxylic acids is 1. The highest BCUT2D eigenvalue weighted by Crippen LogP contribution is 2.24. The SMILES string of the molecule is CCOC(=O)c1cc(O)cc(OCc2ccc3ccccc3c2)c1. The van der Waals surface area contributed by atoms with Gasteiger partial charge in [-0.2, -0.15) is 0 Å². The summed E-state index contributed by atoms with van der Waals surface area (Å²) in [6, 6.07) is 18.6. The van der Waals surface area contributed by atoms with Crippen molar-refractivity contribution in [3.05, 3.63) is 71.8 Å². The Labute approximate surface area is 140 Å². The molecule has 0 radical (unpaired) electrons. The maximum Gasteiger partial charge on any atom is 0.338 e. The van der Waals surface area contributed by atoms with Gasteiger partial charge in [0.15, 0.2) is 0 Å². The van der Waals surface area contributed by atoms with Crippen LogP contribution >= 0.6 is 0 Å². The van der Waals surface area contributed by atoms with E-state index in [0.29, 0.717) is 12.4 Å². The van der Waals surface area contributed by atoms with Crippen molar-refractivity contribution < 1.29 is 19.4 Å². The molecule has 3 aromatic carbocycles. The lowest BCUT2D eigenvalue weighted by Crippen LogP contribution is -2.05. The van der Waals surface area contributed by atoms with E-state index >= 15 is 0 Å². The number of ether oxygens (including phenoxy) is 2. The first-order valence-corrected chi connectivity index (χ1v) is 7.77. The summed E-state index contributed by atoms with van der Waals surface area (Å²) in [4.78, 5) is 11.8. The van der Waals surface area contributed by atoms with Crippen LogP contribution in [0.1, 0.15) is 22.8 Å². The maximum absolute atomic E-state index is 11.8. The summed E-state index contributed by atoms with van der Waals surface area (Å²) in [7, 11) is 0. The lowest BCUT2D eigenvalue weighted by Gasteiger charge is -2.10. The number of fused-ring (bicyclic) bond motifs is 1. The van der Waals surface area contributed by atoms with E-state index in [4.69, 9.17) is 9.47 Å². The van der Waals surface area contributed by atoms with Crippen LogP contribution < -0.4 is 4.74 Å². The lowest BCUT2D eigenvalue weighted by atomic mass is 10.1. The molecular weight excluding hydrogens is 304 g/mol. The predicted molar refractivity (Wildman–Crippen MR) is 92.3 cm³/mol. The van der Waals surface area contributed by atoms with Gasteiger partial charge in [0.1, 0.15) is 18.1 Å². The van der Waals surface area contributed by atoms with Gasteiger partial charge < -0.3 is 14.6 Å². The molecule has 0 amide bonds. The number of aromatic hydroxyl groups is 1. The number of rotatable bonds is 5. The predicted octanol–water partition coefficient (Wildman–Crippen LogP) is 4.30. The molecular formula is C20H18O4. The van der Waals surface area contributed by atoms with E-state index < -0.39 is 5.97 Å². The first kappa shape index (κ1) is 15.9. The monoisotopic (exact) mass is 322 g/mol. The van der Waals surface area contributed by atoms with Crippen molar-refractivity contribution in [3.8, 4) is 11.5 Å². The second kappa shape index (κ2) is 7.04. The topological polar surface area (TPSA) is 55.8 Å². The number of esters is 1. The molecule has 122 valence electrons. The summed E-state index contributed by atoms with van der Waals surface area (Å²) < 4.78 is 10.7. The molecule has 0 aliphatic rings. The molecule has 0 saturated carbocycles. The maximum atomic E-state index is 11.8. The minimum absolute atomic E-state index is 0.0333. The van der Waals surface area contributed by atoms with Gasteiger partial charge in [-0.1, -0.05) is 36.4 Å². The molecule has 0 heterocycles. The number of carbonyl (C=O) groups is 1. The fraction of sp³-hybridized carbons (Fsp3) is 0.150. The third kappa shape index (κ3) is 3.66. The Morgan fingerprint density at radius 3 is 2.58 bits per heavy atom. The Balaban J connectivity index is 1.76. The van der Waals surface area contributed by atoms with Gasteiger partial charge in [0.25, 0.3) is 0 Å². The first-order chi connectivity index (χ1) is 11.7. The Morgan fingerprint density at radius 2 is 1.79 bits per heavy atom. The number of hydrogen-bond donors (Lipinski definition) is 1. The summed E-state index contributed by atoms with van der Waals surface area (Å²) in [5.74, 6) is -0.0933. The molecule has 3 aromatic rings. The van der Waals surface area contributed by atoms with Crippen LogP contribution in [0.2, 0.25) is 0 Å². The largest absolute Gasteiger partial charge is 0.508 e. The van der Waals surface area contributed by atoms with Gasteiger partial charge in [-0.05, 0) is 41.5 Å². The van der Waals surface area contributed by atoms with Crippen LogP contribution in [0, 0.1) is 0 Å². The zero-order valence-electron chi connectivity index (χ0n) is 13.4. The summed E-state index contributed by atoms with van der Waals surface area (Å²) in [5.41, 5.74) is 1.28. The number of phenolic OH excluding ortho intramolecular Hbond substituents is 1. The Kier molecular flexibility index (Phi) is 4.66. The molecule has 0 atom stereocenters. The second-order valence-electron chi connectivity index (χ2n) is 5.41. The average molecular weight is 322 g/mol. The highest BCUT2D eigenvalue weighted by Gasteiger charge is 2.10. The zero-order valence-corrected chi connectivity index (χ0v) is 13.4. The fourth-order valence-corrected chi connectivity index (χ4v) is 2.49. The van der Waals surface area contributed by atoms with Gasteiger partial charge in [-0.15, -0.1) is 0 Å². The van der Waals surface area contributed by atoms with Crippen LogP contribution in [0.4, 0.5) is 0 Å². The van der Waals surface area contributed by atoms with Gasteiger partial charge in [0, 0.05) is 6.07 Å². The Morgan fingerprint density at radius 1 is 1.00 bits per heavy atom. The van der Waals surface area contributed by atoms with Crippen molar-refractivity contribution in [1.29, 1.82) is 0 Å². The molecule has 3 rings (SSSR count). The van der Waals surface area contributed by atoms with Gasteiger partial charge in [-0.3, -0.25) is 0 Å². The summed E-state index contributed by atoms with van der Waals surface area (Å²) >= 11 is 0. The van der Waals surface area contributed by atoms with E-state index in [2.05, 4.69) is 12.1 Å². The van der Waals surface area contributed by atoms with Crippen molar-refractivity contribution in [2.75, 3.05) is 6.61 Å². The third-order valence-electron chi connectivity index (χ3n) is 3.62. The Bertz CT molecular complexity index is 870. The van der Waals surface area contributed by atoms with Crippen LogP contribution in [-0.4, -0.2) is 17.7 Å². The van der Waals surface area contributed by atoms with Crippen molar-refractivity contribution >= 4 is 16.7 Å². The smallest absolute Gasteiger partial charge is 0.338 e. The highest BCUT2D eigenvalue weighted by atomic mass is 16.5. The van der Waals surface area contributed by atoms with Gasteiger partial charge >= 0.3 is 5.97 Å². The quantitative estimate of drug-likeness (QED) is 0.712. The van der Waals surface area contributed by atoms with Crippen LogP contribution in [-0.2, 0) is 11.3 Å². The first-order valence-electron chi connectivity index (χ1n) is 7.77. The molecule has 0 fully saturated rings.